The summed E-state index contributed by atoms with van der Waals surface area (Å²) in [7, 11) is 0. The normalized spacial score (nSPS) is 10.5. The van der Waals surface area contributed by atoms with Gasteiger partial charge in [0.15, 0.2) is 5.17 Å². The summed E-state index contributed by atoms with van der Waals surface area (Å²) in [6.07, 6.45) is 1.49. The lowest BCUT2D eigenvalue weighted by Crippen LogP contribution is -2.29. The molecule has 0 heterocycles. The maximum atomic E-state index is 12.2. The van der Waals surface area contributed by atoms with E-state index >= 15 is 0 Å². The van der Waals surface area contributed by atoms with Crippen molar-refractivity contribution in [2.24, 2.45) is 0 Å². The molecule has 7 nitrogen and oxygen atoms in total. The summed E-state index contributed by atoms with van der Waals surface area (Å²) in [6.45, 7) is 3.94. The summed E-state index contributed by atoms with van der Waals surface area (Å²) in [4.78, 5) is 24.3. The molecule has 10 heteroatoms. The van der Waals surface area contributed by atoms with Gasteiger partial charge in [-0.15, -0.1) is 0 Å². The highest BCUT2D eigenvalue weighted by Crippen LogP contribution is 2.17. The Morgan fingerprint density at radius 3 is 1.86 bits per heavy atom. The molecular formula is C27H33N5O2S3. The standard InChI is InChI=1S/C27H33N5O2S3/c1-18-5-3-7-20(13-18)15-22(33)17-25(30)36-23(28)9-11-35-12-10-24(29)37-27(31)32-26(34)16-21-8-4-6-19(2)14-21/h3-8,13-14,28-30H,9-12,15-17H2,1-2H3,(H2,31,32,34). The first-order valence-electron chi connectivity index (χ1n) is 11.8. The van der Waals surface area contributed by atoms with E-state index in [2.05, 4.69) is 5.32 Å². The van der Waals surface area contributed by atoms with Crippen LogP contribution in [0, 0.1) is 35.5 Å². The van der Waals surface area contributed by atoms with Crippen LogP contribution in [0.1, 0.15) is 41.5 Å². The van der Waals surface area contributed by atoms with E-state index in [1.54, 1.807) is 11.8 Å². The molecule has 0 aliphatic rings. The first-order chi connectivity index (χ1) is 17.6. The van der Waals surface area contributed by atoms with Crippen molar-refractivity contribution in [2.75, 3.05) is 11.5 Å². The summed E-state index contributed by atoms with van der Waals surface area (Å²) in [6, 6.07) is 15.4. The maximum absolute atomic E-state index is 12.2. The number of carbonyl (C=O) groups is 2. The number of rotatable bonds is 12. The minimum atomic E-state index is -0.274. The molecule has 0 saturated heterocycles. The molecule has 0 bridgehead atoms. The summed E-state index contributed by atoms with van der Waals surface area (Å²) in [5.74, 6) is 1.04. The molecule has 0 aliphatic carbocycles. The van der Waals surface area contributed by atoms with E-state index in [-0.39, 0.29) is 34.7 Å². The van der Waals surface area contributed by atoms with E-state index < -0.39 is 0 Å². The molecule has 0 spiro atoms. The van der Waals surface area contributed by atoms with E-state index in [0.717, 1.165) is 45.8 Å². The third kappa shape index (κ3) is 13.4. The first-order valence-corrected chi connectivity index (χ1v) is 14.6. The lowest BCUT2D eigenvalue weighted by atomic mass is 10.1. The van der Waals surface area contributed by atoms with E-state index in [0.29, 0.717) is 40.9 Å². The van der Waals surface area contributed by atoms with Crippen LogP contribution in [0.25, 0.3) is 0 Å². The molecule has 0 fully saturated rings. The van der Waals surface area contributed by atoms with Crippen molar-refractivity contribution in [3.05, 3.63) is 70.8 Å². The topological polar surface area (TPSA) is 142 Å². The average Bonchev–Trinajstić information content (AvgIpc) is 2.78. The molecule has 2 aromatic rings. The van der Waals surface area contributed by atoms with Crippen LogP contribution < -0.4 is 5.32 Å². The molecule has 5 N–H and O–H groups in total. The molecule has 2 rings (SSSR count). The van der Waals surface area contributed by atoms with Crippen LogP contribution in [0.15, 0.2) is 48.5 Å². The van der Waals surface area contributed by atoms with Gasteiger partial charge in [-0.05, 0) is 48.2 Å². The van der Waals surface area contributed by atoms with Gasteiger partial charge in [0.25, 0.3) is 0 Å². The van der Waals surface area contributed by atoms with Crippen molar-refractivity contribution in [1.29, 1.82) is 21.6 Å². The van der Waals surface area contributed by atoms with Crippen LogP contribution in [0.4, 0.5) is 0 Å². The lowest BCUT2D eigenvalue weighted by molar-refractivity contribution is -0.119. The van der Waals surface area contributed by atoms with E-state index in [4.69, 9.17) is 21.6 Å². The number of amidine groups is 1. The average molecular weight is 556 g/mol. The molecule has 0 saturated carbocycles. The van der Waals surface area contributed by atoms with Crippen LogP contribution in [0.3, 0.4) is 0 Å². The Morgan fingerprint density at radius 2 is 1.30 bits per heavy atom. The molecule has 37 heavy (non-hydrogen) atoms. The predicted octanol–water partition coefficient (Wildman–Crippen LogP) is 6.01. The minimum absolute atomic E-state index is 0.0294. The highest BCUT2D eigenvalue weighted by atomic mass is 32.2. The molecule has 0 aliphatic heterocycles. The molecule has 0 atom stereocenters. The number of nitrogens with one attached hydrogen (secondary N) is 5. The molecule has 2 aromatic carbocycles. The van der Waals surface area contributed by atoms with Gasteiger partial charge >= 0.3 is 0 Å². The van der Waals surface area contributed by atoms with Crippen molar-refractivity contribution in [3.8, 4) is 0 Å². The predicted molar refractivity (Wildman–Crippen MR) is 160 cm³/mol. The van der Waals surface area contributed by atoms with Gasteiger partial charge in [-0.3, -0.25) is 31.2 Å². The fourth-order valence-electron chi connectivity index (χ4n) is 3.34. The lowest BCUT2D eigenvalue weighted by Gasteiger charge is -2.08. The van der Waals surface area contributed by atoms with Crippen LogP contribution >= 0.6 is 35.3 Å². The zero-order chi connectivity index (χ0) is 27.2. The van der Waals surface area contributed by atoms with Crippen LogP contribution in [-0.2, 0) is 22.4 Å². The third-order valence-electron chi connectivity index (χ3n) is 4.96. The number of amides is 1. The van der Waals surface area contributed by atoms with Gasteiger partial charge in [0.2, 0.25) is 5.91 Å². The Labute approximate surface area is 231 Å². The quantitative estimate of drug-likeness (QED) is 0.124. The van der Waals surface area contributed by atoms with Gasteiger partial charge in [-0.25, -0.2) is 0 Å². The number of thioether (sulfide) groups is 3. The zero-order valence-corrected chi connectivity index (χ0v) is 23.6. The van der Waals surface area contributed by atoms with E-state index in [9.17, 15) is 9.59 Å². The third-order valence-corrected chi connectivity index (χ3v) is 7.54. The largest absolute Gasteiger partial charge is 0.305 e. The van der Waals surface area contributed by atoms with Gasteiger partial charge in [0, 0.05) is 19.3 Å². The zero-order valence-electron chi connectivity index (χ0n) is 21.1. The molecule has 0 radical (unpaired) electrons. The Morgan fingerprint density at radius 1 is 0.757 bits per heavy atom. The Hall–Kier alpha value is -2.69. The number of hydrogen-bond acceptors (Lipinski definition) is 9. The smallest absolute Gasteiger partial charge is 0.230 e. The van der Waals surface area contributed by atoms with Crippen molar-refractivity contribution in [1.82, 2.24) is 5.32 Å². The van der Waals surface area contributed by atoms with Gasteiger partial charge in [0.1, 0.15) is 5.78 Å². The highest BCUT2D eigenvalue weighted by Gasteiger charge is 2.12. The monoisotopic (exact) mass is 555 g/mol. The second-order valence-corrected chi connectivity index (χ2v) is 12.0. The van der Waals surface area contributed by atoms with E-state index in [1.807, 2.05) is 62.4 Å². The molecular weight excluding hydrogens is 523 g/mol. The number of hydrogen-bond donors (Lipinski definition) is 5. The minimum Gasteiger partial charge on any atom is -0.305 e. The summed E-state index contributed by atoms with van der Waals surface area (Å²) in [5, 5.41) is 35.4. The van der Waals surface area contributed by atoms with Crippen molar-refractivity contribution < 1.29 is 9.59 Å². The summed E-state index contributed by atoms with van der Waals surface area (Å²) < 4.78 is 0. The van der Waals surface area contributed by atoms with Crippen molar-refractivity contribution in [2.45, 2.75) is 46.0 Å². The molecule has 0 aromatic heterocycles. The van der Waals surface area contributed by atoms with Gasteiger partial charge in [0.05, 0.1) is 28.0 Å². The number of Topliss-reactive ketones (excluding diaryl/α,β-unsaturated/α-hetero) is 1. The van der Waals surface area contributed by atoms with Gasteiger partial charge in [-0.2, -0.15) is 11.8 Å². The fraction of sp³-hybridized carbons (Fsp3) is 0.333. The first kappa shape index (κ1) is 30.5. The summed E-state index contributed by atoms with van der Waals surface area (Å²) >= 11 is 3.57. The molecule has 196 valence electrons. The fourth-order valence-corrected chi connectivity index (χ4v) is 5.85. The molecule has 0 unspecified atom stereocenters. The second-order valence-electron chi connectivity index (χ2n) is 8.51. The van der Waals surface area contributed by atoms with Crippen LogP contribution in [0.2, 0.25) is 0 Å². The Balaban J connectivity index is 1.55. The number of carbonyl (C=O) groups excluding carboxylic acids is 2. The highest BCUT2D eigenvalue weighted by molar-refractivity contribution is 8.26. The van der Waals surface area contributed by atoms with Crippen LogP contribution in [-0.4, -0.2) is 43.5 Å². The Kier molecular flexibility index (Phi) is 13.4. The molecule has 1 amide bonds. The number of aryl methyl sites for hydroxylation is 2. The van der Waals surface area contributed by atoms with Crippen molar-refractivity contribution >= 4 is 67.3 Å². The van der Waals surface area contributed by atoms with Gasteiger partial charge < -0.3 is 5.32 Å². The second kappa shape index (κ2) is 16.2. The Bertz CT molecular complexity index is 1080. The van der Waals surface area contributed by atoms with Crippen molar-refractivity contribution in [3.63, 3.8) is 0 Å². The number of ketones is 1. The SMILES string of the molecule is Cc1cccc(CC(=O)CC(=N)SC(=N)CCSCCC(=N)SC(=N)NC(=O)Cc2cccc(C)c2)c1. The van der Waals surface area contributed by atoms with E-state index in [1.165, 1.54) is 0 Å². The maximum Gasteiger partial charge on any atom is 0.230 e. The van der Waals surface area contributed by atoms with Gasteiger partial charge in [-0.1, -0.05) is 71.4 Å². The van der Waals surface area contributed by atoms with Crippen LogP contribution in [0.5, 0.6) is 0 Å². The summed E-state index contributed by atoms with van der Waals surface area (Å²) in [5.41, 5.74) is 4.00. The number of benzene rings is 2.